The molecule has 114 valence electrons. The van der Waals surface area contributed by atoms with Gasteiger partial charge in [0.15, 0.2) is 0 Å². The van der Waals surface area contributed by atoms with Gasteiger partial charge in [0.1, 0.15) is 12.2 Å². The number of likely N-dealkylation sites (tertiary alicyclic amines) is 1. The lowest BCUT2D eigenvalue weighted by Gasteiger charge is -2.20. The minimum Gasteiger partial charge on any atom is -0.389 e. The lowest BCUT2D eigenvalue weighted by molar-refractivity contribution is 0.0565. The van der Waals surface area contributed by atoms with E-state index in [1.54, 1.807) is 20.2 Å². The average Bonchev–Trinajstić information content (AvgIpc) is 2.63. The van der Waals surface area contributed by atoms with Crippen molar-refractivity contribution in [2.24, 2.45) is 0 Å². The van der Waals surface area contributed by atoms with Crippen LogP contribution in [0.1, 0.15) is 51.8 Å². The zero-order chi connectivity index (χ0) is 14.4. The zero-order valence-corrected chi connectivity index (χ0v) is 12.9. The van der Waals surface area contributed by atoms with Crippen molar-refractivity contribution in [1.82, 2.24) is 19.7 Å². The summed E-state index contributed by atoms with van der Waals surface area (Å²) in [5, 5.41) is 14.1. The Kier molecular flexibility index (Phi) is 5.54. The third-order valence-electron chi connectivity index (χ3n) is 3.81. The summed E-state index contributed by atoms with van der Waals surface area (Å²) in [4.78, 5) is 6.90. The molecule has 1 N–H and O–H groups in total. The number of hydrogen-bond acceptors (Lipinski definition) is 4. The Morgan fingerprint density at radius 2 is 1.90 bits per heavy atom. The summed E-state index contributed by atoms with van der Waals surface area (Å²) in [6, 6.07) is 0. The Morgan fingerprint density at radius 3 is 2.55 bits per heavy atom. The predicted octanol–water partition coefficient (Wildman–Crippen LogP) is 1.86. The fourth-order valence-corrected chi connectivity index (χ4v) is 2.80. The van der Waals surface area contributed by atoms with Gasteiger partial charge >= 0.3 is 0 Å². The van der Waals surface area contributed by atoms with Gasteiger partial charge in [-0.25, -0.2) is 9.67 Å². The van der Waals surface area contributed by atoms with Crippen LogP contribution in [0.4, 0.5) is 0 Å². The molecule has 0 aliphatic carbocycles. The molecule has 20 heavy (non-hydrogen) atoms. The molecule has 1 aliphatic rings. The van der Waals surface area contributed by atoms with E-state index in [4.69, 9.17) is 0 Å². The van der Waals surface area contributed by atoms with Gasteiger partial charge in [0, 0.05) is 6.42 Å². The molecule has 0 aromatic carbocycles. The van der Waals surface area contributed by atoms with Crippen molar-refractivity contribution in [1.29, 1.82) is 0 Å². The van der Waals surface area contributed by atoms with Crippen LogP contribution in [0.25, 0.3) is 0 Å². The Hall–Kier alpha value is -0.940. The molecule has 0 atom stereocenters. The molecule has 5 nitrogen and oxygen atoms in total. The van der Waals surface area contributed by atoms with Crippen molar-refractivity contribution in [3.8, 4) is 0 Å². The maximum absolute atomic E-state index is 9.88. The number of aliphatic hydroxyl groups is 1. The van der Waals surface area contributed by atoms with Crippen molar-refractivity contribution >= 4 is 0 Å². The minimum atomic E-state index is -0.743. The van der Waals surface area contributed by atoms with Crippen LogP contribution in [0.5, 0.6) is 0 Å². The lowest BCUT2D eigenvalue weighted by Crippen LogP contribution is -2.28. The van der Waals surface area contributed by atoms with Gasteiger partial charge in [0.05, 0.1) is 12.1 Å². The van der Waals surface area contributed by atoms with Crippen LogP contribution in [-0.4, -0.2) is 50.0 Å². The van der Waals surface area contributed by atoms with Gasteiger partial charge in [-0.05, 0) is 52.7 Å². The van der Waals surface area contributed by atoms with E-state index in [-0.39, 0.29) is 0 Å². The van der Waals surface area contributed by atoms with Crippen LogP contribution in [0, 0.1) is 0 Å². The molecule has 5 heteroatoms. The Labute approximate surface area is 122 Å². The maximum atomic E-state index is 9.88. The third-order valence-corrected chi connectivity index (χ3v) is 3.81. The number of nitrogens with zero attached hydrogens (tertiary/aromatic N) is 4. The molecule has 0 bridgehead atoms. The quantitative estimate of drug-likeness (QED) is 0.864. The Morgan fingerprint density at radius 1 is 1.20 bits per heavy atom. The van der Waals surface area contributed by atoms with Gasteiger partial charge in [-0.2, -0.15) is 5.10 Å². The highest BCUT2D eigenvalue weighted by molar-refractivity contribution is 4.87. The third kappa shape index (κ3) is 5.21. The number of hydrogen-bond donors (Lipinski definition) is 1. The number of rotatable bonds is 6. The summed E-state index contributed by atoms with van der Waals surface area (Å²) in [5.41, 5.74) is -0.743. The second kappa shape index (κ2) is 7.18. The van der Waals surface area contributed by atoms with Crippen LogP contribution in [-0.2, 0) is 13.0 Å². The first-order valence-corrected chi connectivity index (χ1v) is 7.86. The summed E-state index contributed by atoms with van der Waals surface area (Å²) in [6.45, 7) is 7.75. The van der Waals surface area contributed by atoms with Gasteiger partial charge in [-0.15, -0.1) is 0 Å². The predicted molar refractivity (Wildman–Crippen MR) is 79.5 cm³/mol. The maximum Gasteiger partial charge on any atom is 0.138 e. The Balaban J connectivity index is 1.77. The van der Waals surface area contributed by atoms with Crippen LogP contribution < -0.4 is 0 Å². The highest BCUT2D eigenvalue weighted by Crippen LogP contribution is 2.11. The Bertz CT molecular complexity index is 389. The molecule has 0 amide bonds. The van der Waals surface area contributed by atoms with Gasteiger partial charge in [-0.3, -0.25) is 0 Å². The molecule has 1 aromatic rings. The van der Waals surface area contributed by atoms with Crippen molar-refractivity contribution in [3.63, 3.8) is 0 Å². The first kappa shape index (κ1) is 15.4. The molecule has 0 spiro atoms. The van der Waals surface area contributed by atoms with Crippen molar-refractivity contribution < 1.29 is 5.11 Å². The fraction of sp³-hybridized carbons (Fsp3) is 0.867. The minimum absolute atomic E-state index is 0.506. The summed E-state index contributed by atoms with van der Waals surface area (Å²) in [6.07, 6.45) is 9.10. The molecule has 1 aromatic heterocycles. The first-order valence-electron chi connectivity index (χ1n) is 7.86. The van der Waals surface area contributed by atoms with Crippen molar-refractivity contribution in [2.75, 3.05) is 19.6 Å². The van der Waals surface area contributed by atoms with Gasteiger partial charge in [-0.1, -0.05) is 12.8 Å². The van der Waals surface area contributed by atoms with Crippen molar-refractivity contribution in [3.05, 3.63) is 12.2 Å². The van der Waals surface area contributed by atoms with E-state index in [1.165, 1.54) is 38.8 Å². The molecule has 0 radical (unpaired) electrons. The normalized spacial score (nSPS) is 18.1. The first-order chi connectivity index (χ1) is 9.54. The fourth-order valence-electron chi connectivity index (χ4n) is 2.80. The topological polar surface area (TPSA) is 54.2 Å². The van der Waals surface area contributed by atoms with E-state index in [2.05, 4.69) is 15.0 Å². The lowest BCUT2D eigenvalue weighted by atomic mass is 10.1. The molecular formula is C15H28N4O. The molecule has 1 fully saturated rings. The second-order valence-electron chi connectivity index (χ2n) is 6.51. The van der Waals surface area contributed by atoms with E-state index in [9.17, 15) is 5.11 Å². The summed E-state index contributed by atoms with van der Waals surface area (Å²) < 4.78 is 1.84. The summed E-state index contributed by atoms with van der Waals surface area (Å²) in [7, 11) is 0. The van der Waals surface area contributed by atoms with Crippen LogP contribution in [0.2, 0.25) is 0 Å². The van der Waals surface area contributed by atoms with E-state index in [1.807, 2.05) is 4.68 Å². The van der Waals surface area contributed by atoms with E-state index >= 15 is 0 Å². The van der Waals surface area contributed by atoms with Crippen LogP contribution in [0.15, 0.2) is 6.33 Å². The number of aryl methyl sites for hydroxylation is 1. The molecule has 0 saturated carbocycles. The van der Waals surface area contributed by atoms with E-state index < -0.39 is 5.60 Å². The average molecular weight is 280 g/mol. The van der Waals surface area contributed by atoms with Gasteiger partial charge in [0.2, 0.25) is 0 Å². The molecule has 0 unspecified atom stereocenters. The largest absolute Gasteiger partial charge is 0.389 e. The molecule has 2 rings (SSSR count). The van der Waals surface area contributed by atoms with Crippen LogP contribution in [0.3, 0.4) is 0 Å². The highest BCUT2D eigenvalue weighted by atomic mass is 16.3. The summed E-state index contributed by atoms with van der Waals surface area (Å²) >= 11 is 0. The SMILES string of the molecule is CC(C)(O)Cn1ncnc1CCCN1CCCCCC1. The van der Waals surface area contributed by atoms with E-state index in [0.717, 1.165) is 25.2 Å². The van der Waals surface area contributed by atoms with Crippen LogP contribution >= 0.6 is 0 Å². The molecule has 1 saturated heterocycles. The smallest absolute Gasteiger partial charge is 0.138 e. The molecule has 2 heterocycles. The molecule has 1 aliphatic heterocycles. The van der Waals surface area contributed by atoms with Crippen molar-refractivity contribution in [2.45, 2.75) is 64.5 Å². The standard InChI is InChI=1S/C15H28N4O/c1-15(2,20)12-19-14(16-13-17-19)8-7-11-18-9-5-3-4-6-10-18/h13,20H,3-12H2,1-2H3. The monoisotopic (exact) mass is 280 g/mol. The zero-order valence-electron chi connectivity index (χ0n) is 12.9. The number of aromatic nitrogens is 3. The highest BCUT2D eigenvalue weighted by Gasteiger charge is 2.16. The molecular weight excluding hydrogens is 252 g/mol. The van der Waals surface area contributed by atoms with E-state index in [0.29, 0.717) is 6.54 Å². The second-order valence-corrected chi connectivity index (χ2v) is 6.51. The van der Waals surface area contributed by atoms with Gasteiger partial charge < -0.3 is 10.0 Å². The summed E-state index contributed by atoms with van der Waals surface area (Å²) in [5.74, 6) is 0.988. The van der Waals surface area contributed by atoms with Gasteiger partial charge in [0.25, 0.3) is 0 Å².